The van der Waals surface area contributed by atoms with Crippen molar-refractivity contribution in [1.82, 2.24) is 9.62 Å². The summed E-state index contributed by atoms with van der Waals surface area (Å²) in [5, 5.41) is 2.79. The van der Waals surface area contributed by atoms with E-state index in [1.165, 1.54) is 10.4 Å². The quantitative estimate of drug-likeness (QED) is 0.624. The van der Waals surface area contributed by atoms with Crippen LogP contribution in [0.3, 0.4) is 0 Å². The maximum atomic E-state index is 12.9. The molecule has 0 spiro atoms. The molecule has 1 fully saturated rings. The Hall–Kier alpha value is -1.64. The SMILES string of the molecule is CCOCCCNC(=O)c1ccc(OCC)c(S(=O)(=O)N2CCCC2)c1. The fourth-order valence-electron chi connectivity index (χ4n) is 2.82. The molecule has 0 bridgehead atoms. The van der Waals surface area contributed by atoms with Crippen LogP contribution in [0.15, 0.2) is 23.1 Å². The first-order valence-electron chi connectivity index (χ1n) is 9.13. The van der Waals surface area contributed by atoms with E-state index in [0.717, 1.165) is 12.8 Å². The Kier molecular flexibility index (Phi) is 7.86. The first kappa shape index (κ1) is 20.7. The molecule has 0 atom stereocenters. The molecule has 1 aliphatic heterocycles. The third-order valence-corrected chi connectivity index (χ3v) is 6.06. The van der Waals surface area contributed by atoms with Crippen molar-refractivity contribution < 1.29 is 22.7 Å². The lowest BCUT2D eigenvalue weighted by Gasteiger charge is -2.19. The summed E-state index contributed by atoms with van der Waals surface area (Å²) >= 11 is 0. The molecule has 7 nitrogen and oxygen atoms in total. The van der Waals surface area contributed by atoms with Gasteiger partial charge in [-0.3, -0.25) is 4.79 Å². The predicted octanol–water partition coefficient (Wildman–Crippen LogP) is 2.03. The zero-order valence-corrected chi connectivity index (χ0v) is 16.3. The van der Waals surface area contributed by atoms with E-state index in [2.05, 4.69) is 5.32 Å². The number of carbonyl (C=O) groups excluding carboxylic acids is 1. The van der Waals surface area contributed by atoms with Crippen molar-refractivity contribution in [2.75, 3.05) is 39.5 Å². The standard InChI is InChI=1S/C18H28N2O5S/c1-3-24-13-7-10-19-18(21)15-8-9-16(25-4-2)17(14-15)26(22,23)20-11-5-6-12-20/h8-9,14H,3-7,10-13H2,1-2H3,(H,19,21). The first-order valence-corrected chi connectivity index (χ1v) is 10.6. The van der Waals surface area contributed by atoms with Gasteiger partial charge in [-0.25, -0.2) is 8.42 Å². The van der Waals surface area contributed by atoms with Crippen LogP contribution >= 0.6 is 0 Å². The average Bonchev–Trinajstić information content (AvgIpc) is 3.17. The fraction of sp³-hybridized carbons (Fsp3) is 0.611. The Bertz CT molecular complexity index is 700. The minimum absolute atomic E-state index is 0.0585. The van der Waals surface area contributed by atoms with E-state index < -0.39 is 10.0 Å². The van der Waals surface area contributed by atoms with Crippen LogP contribution < -0.4 is 10.1 Å². The summed E-state index contributed by atoms with van der Waals surface area (Å²) in [4.78, 5) is 12.4. The number of hydrogen-bond acceptors (Lipinski definition) is 5. The van der Waals surface area contributed by atoms with Gasteiger partial charge in [0.2, 0.25) is 10.0 Å². The minimum Gasteiger partial charge on any atom is -0.492 e. The van der Waals surface area contributed by atoms with E-state index in [-0.39, 0.29) is 16.6 Å². The molecular formula is C18H28N2O5S. The van der Waals surface area contributed by atoms with E-state index in [1.807, 2.05) is 6.92 Å². The monoisotopic (exact) mass is 384 g/mol. The lowest BCUT2D eigenvalue weighted by Crippen LogP contribution is -2.29. The van der Waals surface area contributed by atoms with Crippen molar-refractivity contribution >= 4 is 15.9 Å². The summed E-state index contributed by atoms with van der Waals surface area (Å²) in [5.41, 5.74) is 0.308. The summed E-state index contributed by atoms with van der Waals surface area (Å²) < 4.78 is 38.0. The number of nitrogens with zero attached hydrogens (tertiary/aromatic N) is 1. The Balaban J connectivity index is 2.18. The second-order valence-corrected chi connectivity index (χ2v) is 7.92. The molecule has 1 aromatic carbocycles. The van der Waals surface area contributed by atoms with Gasteiger partial charge in [0.1, 0.15) is 10.6 Å². The molecule has 0 radical (unpaired) electrons. The number of amides is 1. The number of nitrogens with one attached hydrogen (secondary N) is 1. The Morgan fingerprint density at radius 2 is 1.92 bits per heavy atom. The third-order valence-electron chi connectivity index (χ3n) is 4.14. The molecule has 1 amide bonds. The largest absolute Gasteiger partial charge is 0.492 e. The summed E-state index contributed by atoms with van der Waals surface area (Å²) in [6, 6.07) is 4.56. The Morgan fingerprint density at radius 3 is 2.58 bits per heavy atom. The molecule has 0 saturated carbocycles. The molecule has 1 aliphatic rings. The van der Waals surface area contributed by atoms with Crippen molar-refractivity contribution in [2.24, 2.45) is 0 Å². The molecule has 0 aromatic heterocycles. The number of ether oxygens (including phenoxy) is 2. The molecule has 1 saturated heterocycles. The van der Waals surface area contributed by atoms with Gasteiger partial charge >= 0.3 is 0 Å². The van der Waals surface area contributed by atoms with E-state index in [4.69, 9.17) is 9.47 Å². The van der Waals surface area contributed by atoms with Crippen molar-refractivity contribution in [2.45, 2.75) is 38.0 Å². The molecule has 8 heteroatoms. The molecule has 1 heterocycles. The van der Waals surface area contributed by atoms with Crippen LogP contribution in [0.1, 0.15) is 43.5 Å². The Labute approximate surface area is 155 Å². The van der Waals surface area contributed by atoms with E-state index in [1.54, 1.807) is 19.1 Å². The van der Waals surface area contributed by atoms with Crippen molar-refractivity contribution in [1.29, 1.82) is 0 Å². The van der Waals surface area contributed by atoms with Crippen LogP contribution in [0.25, 0.3) is 0 Å². The van der Waals surface area contributed by atoms with Gasteiger partial charge in [0.25, 0.3) is 5.91 Å². The molecule has 1 N–H and O–H groups in total. The highest BCUT2D eigenvalue weighted by Crippen LogP contribution is 2.30. The summed E-state index contributed by atoms with van der Waals surface area (Å²) in [7, 11) is -3.67. The minimum atomic E-state index is -3.67. The zero-order chi connectivity index (χ0) is 19.0. The predicted molar refractivity (Wildman–Crippen MR) is 99.0 cm³/mol. The van der Waals surface area contributed by atoms with Gasteiger partial charge in [-0.2, -0.15) is 4.31 Å². The second-order valence-electron chi connectivity index (χ2n) is 6.01. The normalized spacial score (nSPS) is 15.2. The van der Waals surface area contributed by atoms with Gasteiger partial charge in [-0.15, -0.1) is 0 Å². The van der Waals surface area contributed by atoms with Gasteiger partial charge in [0, 0.05) is 38.4 Å². The molecular weight excluding hydrogens is 356 g/mol. The fourth-order valence-corrected chi connectivity index (χ4v) is 4.49. The topological polar surface area (TPSA) is 84.9 Å². The van der Waals surface area contributed by atoms with Crippen LogP contribution in [-0.2, 0) is 14.8 Å². The molecule has 26 heavy (non-hydrogen) atoms. The van der Waals surface area contributed by atoms with Crippen LogP contribution in [0.4, 0.5) is 0 Å². The maximum Gasteiger partial charge on any atom is 0.251 e. The van der Waals surface area contributed by atoms with Crippen molar-refractivity contribution in [3.8, 4) is 5.75 Å². The average molecular weight is 384 g/mol. The van der Waals surface area contributed by atoms with Gasteiger partial charge in [0.15, 0.2) is 0 Å². The third kappa shape index (κ3) is 5.18. The van der Waals surface area contributed by atoms with E-state index >= 15 is 0 Å². The van der Waals surface area contributed by atoms with Gasteiger partial charge < -0.3 is 14.8 Å². The lowest BCUT2D eigenvalue weighted by atomic mass is 10.2. The molecule has 146 valence electrons. The van der Waals surface area contributed by atoms with Gasteiger partial charge in [-0.1, -0.05) is 0 Å². The molecule has 0 unspecified atom stereocenters. The van der Waals surface area contributed by atoms with Crippen molar-refractivity contribution in [3.63, 3.8) is 0 Å². The van der Waals surface area contributed by atoms with Crippen LogP contribution in [0.5, 0.6) is 5.75 Å². The smallest absolute Gasteiger partial charge is 0.251 e. The van der Waals surface area contributed by atoms with Gasteiger partial charge in [0.05, 0.1) is 6.61 Å². The molecule has 0 aliphatic carbocycles. The van der Waals surface area contributed by atoms with E-state index in [9.17, 15) is 13.2 Å². The molecule has 1 aromatic rings. The van der Waals surface area contributed by atoms with Crippen LogP contribution in [0, 0.1) is 0 Å². The highest BCUT2D eigenvalue weighted by Gasteiger charge is 2.30. The lowest BCUT2D eigenvalue weighted by molar-refractivity contribution is 0.0944. The zero-order valence-electron chi connectivity index (χ0n) is 15.5. The first-order chi connectivity index (χ1) is 12.5. The van der Waals surface area contributed by atoms with Crippen molar-refractivity contribution in [3.05, 3.63) is 23.8 Å². The van der Waals surface area contributed by atoms with Gasteiger partial charge in [-0.05, 0) is 51.3 Å². The van der Waals surface area contributed by atoms with Crippen LogP contribution in [-0.4, -0.2) is 58.1 Å². The number of carbonyl (C=O) groups is 1. The highest BCUT2D eigenvalue weighted by atomic mass is 32.2. The summed E-state index contributed by atoms with van der Waals surface area (Å²) in [5.74, 6) is -0.0188. The van der Waals surface area contributed by atoms with Crippen LogP contribution in [0.2, 0.25) is 0 Å². The Morgan fingerprint density at radius 1 is 1.19 bits per heavy atom. The number of benzene rings is 1. The highest BCUT2D eigenvalue weighted by molar-refractivity contribution is 7.89. The summed E-state index contributed by atoms with van der Waals surface area (Å²) in [6.07, 6.45) is 2.40. The number of hydrogen-bond donors (Lipinski definition) is 1. The van der Waals surface area contributed by atoms with E-state index in [0.29, 0.717) is 51.4 Å². The maximum absolute atomic E-state index is 12.9. The second kappa shape index (κ2) is 9.89. The summed E-state index contributed by atoms with van der Waals surface area (Å²) in [6.45, 7) is 6.76. The number of sulfonamides is 1. The molecule has 2 rings (SSSR count). The number of rotatable bonds is 10.